The molecular formula is C16H16N4O. The fourth-order valence-corrected chi connectivity index (χ4v) is 3.18. The van der Waals surface area contributed by atoms with E-state index in [1.54, 1.807) is 0 Å². The van der Waals surface area contributed by atoms with E-state index in [9.17, 15) is 4.79 Å². The number of hydrogen-bond acceptors (Lipinski definition) is 4. The Morgan fingerprint density at radius 1 is 1.05 bits per heavy atom. The summed E-state index contributed by atoms with van der Waals surface area (Å²) in [5, 5.41) is 11.6. The van der Waals surface area contributed by atoms with Gasteiger partial charge >= 0.3 is 0 Å². The van der Waals surface area contributed by atoms with Gasteiger partial charge in [-0.05, 0) is 12.1 Å². The first-order valence-corrected chi connectivity index (χ1v) is 7.23. The molecule has 0 saturated carbocycles. The van der Waals surface area contributed by atoms with Crippen LogP contribution in [0, 0.1) is 11.8 Å². The van der Waals surface area contributed by atoms with E-state index >= 15 is 0 Å². The molecule has 4 rings (SSSR count). The summed E-state index contributed by atoms with van der Waals surface area (Å²) in [6.45, 7) is 2.41. The number of amides is 1. The molecule has 2 saturated heterocycles. The number of anilines is 1. The standard InChI is InChI=1S/C16H16N4O/c21-16-13-10-20(9-12(13)8-17-16)15-7-6-14(18-19-15)11-4-2-1-3-5-11/h1-7,12-13H,8-10H2,(H,17,21)/t12-,13+/m0/s1. The quantitative estimate of drug-likeness (QED) is 0.901. The average molecular weight is 280 g/mol. The van der Waals surface area contributed by atoms with Crippen molar-refractivity contribution in [3.63, 3.8) is 0 Å². The second kappa shape index (κ2) is 4.84. The van der Waals surface area contributed by atoms with E-state index < -0.39 is 0 Å². The van der Waals surface area contributed by atoms with E-state index in [0.717, 1.165) is 36.7 Å². The topological polar surface area (TPSA) is 58.1 Å². The molecule has 1 aromatic carbocycles. The van der Waals surface area contributed by atoms with Gasteiger partial charge in [0.15, 0.2) is 5.82 Å². The van der Waals surface area contributed by atoms with Crippen molar-refractivity contribution in [2.45, 2.75) is 0 Å². The zero-order valence-corrected chi connectivity index (χ0v) is 11.6. The zero-order valence-electron chi connectivity index (χ0n) is 11.6. The van der Waals surface area contributed by atoms with Crippen molar-refractivity contribution < 1.29 is 4.79 Å². The van der Waals surface area contributed by atoms with Gasteiger partial charge in [0.25, 0.3) is 0 Å². The van der Waals surface area contributed by atoms with Crippen molar-refractivity contribution in [1.82, 2.24) is 15.5 Å². The summed E-state index contributed by atoms with van der Waals surface area (Å²) in [6.07, 6.45) is 0. The number of nitrogens with one attached hydrogen (secondary N) is 1. The van der Waals surface area contributed by atoms with Crippen molar-refractivity contribution in [1.29, 1.82) is 0 Å². The first-order valence-electron chi connectivity index (χ1n) is 7.23. The van der Waals surface area contributed by atoms with Crippen LogP contribution in [0.3, 0.4) is 0 Å². The fraction of sp³-hybridized carbons (Fsp3) is 0.312. The molecule has 106 valence electrons. The molecule has 21 heavy (non-hydrogen) atoms. The van der Waals surface area contributed by atoms with Crippen molar-refractivity contribution >= 4 is 11.7 Å². The predicted octanol–water partition coefficient (Wildman–Crippen LogP) is 1.33. The molecule has 1 amide bonds. The Hall–Kier alpha value is -2.43. The van der Waals surface area contributed by atoms with E-state index in [4.69, 9.17) is 0 Å². The molecular weight excluding hydrogens is 264 g/mol. The maximum absolute atomic E-state index is 11.7. The van der Waals surface area contributed by atoms with Gasteiger partial charge in [-0.3, -0.25) is 4.79 Å². The Morgan fingerprint density at radius 2 is 1.90 bits per heavy atom. The molecule has 0 spiro atoms. The van der Waals surface area contributed by atoms with E-state index in [1.807, 2.05) is 42.5 Å². The Kier molecular flexibility index (Phi) is 2.84. The largest absolute Gasteiger partial charge is 0.355 e. The van der Waals surface area contributed by atoms with Crippen LogP contribution in [0.2, 0.25) is 0 Å². The van der Waals surface area contributed by atoms with Crippen LogP contribution in [0.25, 0.3) is 11.3 Å². The summed E-state index contributed by atoms with van der Waals surface area (Å²) >= 11 is 0. The van der Waals surface area contributed by atoms with Gasteiger partial charge in [0.1, 0.15) is 0 Å². The smallest absolute Gasteiger partial charge is 0.225 e. The fourth-order valence-electron chi connectivity index (χ4n) is 3.18. The highest BCUT2D eigenvalue weighted by Crippen LogP contribution is 2.30. The van der Waals surface area contributed by atoms with Crippen LogP contribution in [0.4, 0.5) is 5.82 Å². The van der Waals surface area contributed by atoms with Crippen LogP contribution in [-0.4, -0.2) is 35.7 Å². The van der Waals surface area contributed by atoms with Gasteiger partial charge < -0.3 is 10.2 Å². The van der Waals surface area contributed by atoms with Crippen LogP contribution >= 0.6 is 0 Å². The molecule has 5 heteroatoms. The van der Waals surface area contributed by atoms with Crippen LogP contribution in [-0.2, 0) is 4.79 Å². The Balaban J connectivity index is 1.54. The van der Waals surface area contributed by atoms with E-state index in [1.165, 1.54) is 0 Å². The number of carbonyl (C=O) groups excluding carboxylic acids is 1. The summed E-state index contributed by atoms with van der Waals surface area (Å²) in [5.41, 5.74) is 1.94. The minimum atomic E-state index is 0.112. The molecule has 1 aromatic heterocycles. The van der Waals surface area contributed by atoms with Gasteiger partial charge in [-0.1, -0.05) is 30.3 Å². The summed E-state index contributed by atoms with van der Waals surface area (Å²) in [5.74, 6) is 1.56. The van der Waals surface area contributed by atoms with Crippen LogP contribution < -0.4 is 10.2 Å². The third-order valence-corrected chi connectivity index (χ3v) is 4.36. The van der Waals surface area contributed by atoms with Gasteiger partial charge in [-0.2, -0.15) is 0 Å². The molecule has 0 unspecified atom stereocenters. The lowest BCUT2D eigenvalue weighted by Crippen LogP contribution is -2.29. The number of carbonyl (C=O) groups is 1. The van der Waals surface area contributed by atoms with E-state index in [0.29, 0.717) is 5.92 Å². The third-order valence-electron chi connectivity index (χ3n) is 4.36. The predicted molar refractivity (Wildman–Crippen MR) is 79.7 cm³/mol. The number of benzene rings is 1. The minimum absolute atomic E-state index is 0.112. The number of rotatable bonds is 2. The van der Waals surface area contributed by atoms with Crippen LogP contribution in [0.1, 0.15) is 0 Å². The molecule has 2 aliphatic heterocycles. The Labute approximate surface area is 123 Å². The van der Waals surface area contributed by atoms with Gasteiger partial charge in [-0.25, -0.2) is 0 Å². The van der Waals surface area contributed by atoms with Gasteiger partial charge in [0, 0.05) is 31.1 Å². The van der Waals surface area contributed by atoms with Gasteiger partial charge in [0.2, 0.25) is 5.91 Å². The highest BCUT2D eigenvalue weighted by Gasteiger charge is 2.42. The first-order chi connectivity index (χ1) is 10.3. The lowest BCUT2D eigenvalue weighted by molar-refractivity contribution is -0.122. The zero-order chi connectivity index (χ0) is 14.2. The highest BCUT2D eigenvalue weighted by molar-refractivity contribution is 5.82. The molecule has 0 radical (unpaired) electrons. The van der Waals surface area contributed by atoms with E-state index in [-0.39, 0.29) is 11.8 Å². The summed E-state index contributed by atoms with van der Waals surface area (Å²) in [6, 6.07) is 14.0. The lowest BCUT2D eigenvalue weighted by Gasteiger charge is -2.17. The second-order valence-electron chi connectivity index (χ2n) is 5.66. The molecule has 0 aliphatic carbocycles. The summed E-state index contributed by atoms with van der Waals surface area (Å²) in [7, 11) is 0. The van der Waals surface area contributed by atoms with Crippen LogP contribution in [0.15, 0.2) is 42.5 Å². The molecule has 3 heterocycles. The monoisotopic (exact) mass is 280 g/mol. The van der Waals surface area contributed by atoms with Gasteiger partial charge in [-0.15, -0.1) is 10.2 Å². The third kappa shape index (κ3) is 2.14. The molecule has 2 atom stereocenters. The lowest BCUT2D eigenvalue weighted by atomic mass is 10.0. The van der Waals surface area contributed by atoms with Gasteiger partial charge in [0.05, 0.1) is 11.6 Å². The SMILES string of the molecule is O=C1NC[C@H]2CN(c3ccc(-c4ccccc4)nn3)C[C@@H]12. The molecule has 0 bridgehead atoms. The second-order valence-corrected chi connectivity index (χ2v) is 5.66. The van der Waals surface area contributed by atoms with E-state index in [2.05, 4.69) is 20.4 Å². The number of fused-ring (bicyclic) bond motifs is 1. The number of hydrogen-bond donors (Lipinski definition) is 1. The summed E-state index contributed by atoms with van der Waals surface area (Å²) < 4.78 is 0. The van der Waals surface area contributed by atoms with Crippen molar-refractivity contribution in [2.75, 3.05) is 24.5 Å². The van der Waals surface area contributed by atoms with Crippen molar-refractivity contribution in [3.05, 3.63) is 42.5 Å². The normalized spacial score (nSPS) is 24.0. The number of aromatic nitrogens is 2. The highest BCUT2D eigenvalue weighted by atomic mass is 16.2. The Bertz CT molecular complexity index is 656. The maximum atomic E-state index is 11.7. The molecule has 5 nitrogen and oxygen atoms in total. The molecule has 2 fully saturated rings. The molecule has 2 aromatic rings. The average Bonchev–Trinajstić information content (AvgIpc) is 3.11. The minimum Gasteiger partial charge on any atom is -0.355 e. The Morgan fingerprint density at radius 3 is 2.62 bits per heavy atom. The molecule has 1 N–H and O–H groups in total. The first kappa shape index (κ1) is 12.3. The van der Waals surface area contributed by atoms with Crippen LogP contribution in [0.5, 0.6) is 0 Å². The molecule has 2 aliphatic rings. The van der Waals surface area contributed by atoms with Crippen molar-refractivity contribution in [2.24, 2.45) is 11.8 Å². The summed E-state index contributed by atoms with van der Waals surface area (Å²) in [4.78, 5) is 13.9. The number of nitrogens with zero attached hydrogens (tertiary/aromatic N) is 3. The maximum Gasteiger partial charge on any atom is 0.225 e. The van der Waals surface area contributed by atoms with Crippen molar-refractivity contribution in [3.8, 4) is 11.3 Å².